The highest BCUT2D eigenvalue weighted by Gasteiger charge is 2.24. The molecule has 7 nitrogen and oxygen atoms in total. The molecule has 1 N–H and O–H groups in total. The second kappa shape index (κ2) is 7.41. The average molecular weight is 418 g/mol. The normalized spacial score (nSPS) is 14.1. The van der Waals surface area contributed by atoms with Crippen LogP contribution in [0.15, 0.2) is 47.4 Å². The second-order valence-corrected chi connectivity index (χ2v) is 8.92. The molecule has 1 aliphatic carbocycles. The summed E-state index contributed by atoms with van der Waals surface area (Å²) in [6, 6.07) is 12.6. The van der Waals surface area contributed by atoms with Crippen LogP contribution in [0.2, 0.25) is 0 Å². The molecule has 0 bridgehead atoms. The van der Waals surface area contributed by atoms with Gasteiger partial charge in [0.15, 0.2) is 0 Å². The van der Waals surface area contributed by atoms with Gasteiger partial charge in [0.05, 0.1) is 18.3 Å². The summed E-state index contributed by atoms with van der Waals surface area (Å²) < 4.78 is 4.79. The van der Waals surface area contributed by atoms with Crippen molar-refractivity contribution in [3.63, 3.8) is 0 Å². The summed E-state index contributed by atoms with van der Waals surface area (Å²) in [5, 5.41) is 18.7. The maximum atomic E-state index is 12.2. The Morgan fingerprint density at radius 3 is 2.48 bits per heavy atom. The Kier molecular flexibility index (Phi) is 4.68. The van der Waals surface area contributed by atoms with E-state index in [1.807, 2.05) is 12.1 Å². The van der Waals surface area contributed by atoms with Crippen molar-refractivity contribution < 1.29 is 5.11 Å². The largest absolute Gasteiger partial charge is 0.493 e. The van der Waals surface area contributed by atoms with Crippen LogP contribution in [0.25, 0.3) is 22.2 Å². The molecule has 2 heterocycles. The van der Waals surface area contributed by atoms with Gasteiger partial charge in [0.25, 0.3) is 0 Å². The summed E-state index contributed by atoms with van der Waals surface area (Å²) in [7, 11) is 1.56. The molecule has 2 aromatic carbocycles. The van der Waals surface area contributed by atoms with E-state index < -0.39 is 0 Å². The predicted molar refractivity (Wildman–Crippen MR) is 120 cm³/mol. The fourth-order valence-corrected chi connectivity index (χ4v) is 4.24. The molecule has 0 spiro atoms. The van der Waals surface area contributed by atoms with Crippen molar-refractivity contribution in [1.29, 1.82) is 0 Å². The van der Waals surface area contributed by atoms with Crippen molar-refractivity contribution in [3.05, 3.63) is 64.2 Å². The first-order valence-corrected chi connectivity index (χ1v) is 10.8. The maximum absolute atomic E-state index is 12.2. The second-order valence-electron chi connectivity index (χ2n) is 8.92. The Morgan fingerprint density at radius 1 is 1.13 bits per heavy atom. The van der Waals surface area contributed by atoms with Crippen LogP contribution in [0.1, 0.15) is 43.7 Å². The van der Waals surface area contributed by atoms with E-state index in [0.717, 1.165) is 34.6 Å². The summed E-state index contributed by atoms with van der Waals surface area (Å²) in [6.07, 6.45) is 4.04. The molecule has 1 fully saturated rings. The minimum atomic E-state index is -0.233. The highest BCUT2D eigenvalue weighted by atomic mass is 16.3. The zero-order valence-electron chi connectivity index (χ0n) is 18.1. The van der Waals surface area contributed by atoms with Crippen LogP contribution in [0.5, 0.6) is 5.88 Å². The van der Waals surface area contributed by atoms with Gasteiger partial charge in [-0.2, -0.15) is 0 Å². The van der Waals surface area contributed by atoms with Gasteiger partial charge in [-0.15, -0.1) is 5.10 Å². The number of hydrogen-bond acceptors (Lipinski definition) is 4. The summed E-state index contributed by atoms with van der Waals surface area (Å²) in [4.78, 5) is 12.2. The molecular formula is C24H27N5O2. The molecule has 5 rings (SSSR count). The smallest absolute Gasteiger partial charge is 0.331 e. The number of benzene rings is 2. The van der Waals surface area contributed by atoms with Gasteiger partial charge in [-0.1, -0.05) is 49.4 Å². The molecular weight excluding hydrogens is 390 g/mol. The van der Waals surface area contributed by atoms with Crippen LogP contribution in [-0.2, 0) is 20.1 Å². The lowest BCUT2D eigenvalue weighted by molar-refractivity contribution is 0.429. The summed E-state index contributed by atoms with van der Waals surface area (Å²) in [5.41, 5.74) is 6.37. The van der Waals surface area contributed by atoms with Gasteiger partial charge in [0, 0.05) is 13.6 Å². The van der Waals surface area contributed by atoms with Crippen LogP contribution in [-0.4, -0.2) is 29.2 Å². The van der Waals surface area contributed by atoms with Gasteiger partial charge < -0.3 is 5.11 Å². The van der Waals surface area contributed by atoms with E-state index in [4.69, 9.17) is 0 Å². The number of aromatic nitrogens is 5. The number of fused-ring (bicyclic) bond motifs is 1. The Hall–Kier alpha value is -3.35. The van der Waals surface area contributed by atoms with E-state index in [1.165, 1.54) is 39.3 Å². The molecule has 0 amide bonds. The van der Waals surface area contributed by atoms with Crippen molar-refractivity contribution in [1.82, 2.24) is 24.1 Å². The molecule has 0 unspecified atom stereocenters. The Morgan fingerprint density at radius 2 is 1.87 bits per heavy atom. The van der Waals surface area contributed by atoms with Crippen LogP contribution < -0.4 is 5.69 Å². The average Bonchev–Trinajstić information content (AvgIpc) is 3.44. The van der Waals surface area contributed by atoms with Gasteiger partial charge in [0.1, 0.15) is 5.52 Å². The number of aromatic hydroxyl groups is 1. The van der Waals surface area contributed by atoms with Crippen molar-refractivity contribution >= 4 is 11.0 Å². The monoisotopic (exact) mass is 417 g/mol. The molecule has 1 aliphatic rings. The molecule has 0 saturated heterocycles. The number of rotatable bonds is 6. The molecule has 0 radical (unpaired) electrons. The third kappa shape index (κ3) is 3.54. The summed E-state index contributed by atoms with van der Waals surface area (Å²) >= 11 is 0. The van der Waals surface area contributed by atoms with E-state index in [-0.39, 0.29) is 11.6 Å². The zero-order valence-corrected chi connectivity index (χ0v) is 18.1. The van der Waals surface area contributed by atoms with Crippen molar-refractivity contribution in [2.75, 3.05) is 0 Å². The fourth-order valence-electron chi connectivity index (χ4n) is 4.24. The van der Waals surface area contributed by atoms with Crippen molar-refractivity contribution in [2.45, 2.75) is 45.7 Å². The lowest BCUT2D eigenvalue weighted by Gasteiger charge is -2.14. The van der Waals surface area contributed by atoms with Crippen LogP contribution in [0.3, 0.4) is 0 Å². The Balaban J connectivity index is 1.49. The van der Waals surface area contributed by atoms with Crippen LogP contribution in [0, 0.1) is 5.92 Å². The third-order valence-electron chi connectivity index (χ3n) is 6.20. The van der Waals surface area contributed by atoms with Gasteiger partial charge in [-0.25, -0.2) is 9.48 Å². The minimum Gasteiger partial charge on any atom is -0.493 e. The van der Waals surface area contributed by atoms with E-state index in [9.17, 15) is 9.90 Å². The number of hydrogen-bond donors (Lipinski definition) is 1. The van der Waals surface area contributed by atoms with Crippen LogP contribution in [0.4, 0.5) is 0 Å². The molecule has 1 saturated carbocycles. The standard InChI is InChI=1S/C24H27N5O2/c1-15(2)22-19(10-11-20-23(22)25-26-29(20)13-17-4-5-17)18-8-6-16(7-9-18)12-28-14-21(30)27(3)24(28)31/h6-11,14-15,17,30H,4-5,12-13H2,1-3H3. The Bertz CT molecular complexity index is 1310. The highest BCUT2D eigenvalue weighted by molar-refractivity contribution is 5.87. The van der Waals surface area contributed by atoms with Gasteiger partial charge in [-0.3, -0.25) is 9.13 Å². The molecule has 7 heteroatoms. The Labute approximate surface area is 180 Å². The van der Waals surface area contributed by atoms with E-state index >= 15 is 0 Å². The predicted octanol–water partition coefficient (Wildman–Crippen LogP) is 3.89. The fraction of sp³-hybridized carbons (Fsp3) is 0.375. The molecule has 31 heavy (non-hydrogen) atoms. The first-order chi connectivity index (χ1) is 14.9. The van der Waals surface area contributed by atoms with E-state index in [2.05, 4.69) is 53.1 Å². The first kappa shape index (κ1) is 19.6. The minimum absolute atomic E-state index is 0.0359. The molecule has 4 aromatic rings. The summed E-state index contributed by atoms with van der Waals surface area (Å²) in [5.74, 6) is 1.03. The highest BCUT2D eigenvalue weighted by Crippen LogP contribution is 2.36. The summed E-state index contributed by atoms with van der Waals surface area (Å²) in [6.45, 7) is 5.76. The molecule has 2 aromatic heterocycles. The zero-order chi connectivity index (χ0) is 21.7. The van der Waals surface area contributed by atoms with Crippen molar-refractivity contribution in [3.8, 4) is 17.0 Å². The lowest BCUT2D eigenvalue weighted by Crippen LogP contribution is -2.22. The molecule has 0 atom stereocenters. The number of imidazole rings is 1. The quantitative estimate of drug-likeness (QED) is 0.516. The number of nitrogens with zero attached hydrogens (tertiary/aromatic N) is 5. The topological polar surface area (TPSA) is 77.9 Å². The lowest BCUT2D eigenvalue weighted by atomic mass is 9.91. The maximum Gasteiger partial charge on any atom is 0.331 e. The molecule has 160 valence electrons. The van der Waals surface area contributed by atoms with Gasteiger partial charge in [0.2, 0.25) is 5.88 Å². The van der Waals surface area contributed by atoms with Gasteiger partial charge in [-0.05, 0) is 53.0 Å². The first-order valence-electron chi connectivity index (χ1n) is 10.8. The van der Waals surface area contributed by atoms with Gasteiger partial charge >= 0.3 is 5.69 Å². The molecule has 0 aliphatic heterocycles. The van der Waals surface area contributed by atoms with E-state index in [1.54, 1.807) is 7.05 Å². The van der Waals surface area contributed by atoms with Crippen molar-refractivity contribution in [2.24, 2.45) is 13.0 Å². The third-order valence-corrected chi connectivity index (χ3v) is 6.20. The SMILES string of the molecule is CC(C)c1c(-c2ccc(Cn3cc(O)n(C)c3=O)cc2)ccc2c1nnn2CC1CC1. The van der Waals surface area contributed by atoms with E-state index in [0.29, 0.717) is 12.5 Å². The van der Waals surface area contributed by atoms with Crippen LogP contribution >= 0.6 is 0 Å².